The Morgan fingerprint density at radius 2 is 2.46 bits per heavy atom. The minimum atomic E-state index is 0.191. The fourth-order valence-electron chi connectivity index (χ4n) is 1.15. The molecule has 0 fully saturated rings. The van der Waals surface area contributed by atoms with Crippen LogP contribution < -0.4 is 5.73 Å². The van der Waals surface area contributed by atoms with E-state index in [1.165, 1.54) is 4.88 Å². The quantitative estimate of drug-likeness (QED) is 0.631. The Kier molecular flexibility index (Phi) is 4.70. The van der Waals surface area contributed by atoms with Crippen molar-refractivity contribution in [1.82, 2.24) is 0 Å². The lowest BCUT2D eigenvalue weighted by Crippen LogP contribution is -2.07. The SMILES string of the molecule is C=CCCCC(N)c1cc(Br)cs1. The van der Waals surface area contributed by atoms with E-state index in [1.54, 1.807) is 11.3 Å². The maximum absolute atomic E-state index is 6.00. The summed E-state index contributed by atoms with van der Waals surface area (Å²) in [5.41, 5.74) is 6.00. The van der Waals surface area contributed by atoms with Crippen molar-refractivity contribution in [3.63, 3.8) is 0 Å². The molecule has 1 unspecified atom stereocenters. The molecule has 13 heavy (non-hydrogen) atoms. The van der Waals surface area contributed by atoms with Crippen LogP contribution in [0.3, 0.4) is 0 Å². The first-order valence-electron chi connectivity index (χ1n) is 4.34. The molecule has 1 heterocycles. The van der Waals surface area contributed by atoms with Crippen LogP contribution in [0.15, 0.2) is 28.6 Å². The van der Waals surface area contributed by atoms with Crippen molar-refractivity contribution in [2.75, 3.05) is 0 Å². The van der Waals surface area contributed by atoms with E-state index in [-0.39, 0.29) is 6.04 Å². The fraction of sp³-hybridized carbons (Fsp3) is 0.400. The van der Waals surface area contributed by atoms with Gasteiger partial charge in [0, 0.05) is 20.8 Å². The Labute approximate surface area is 91.8 Å². The Bertz CT molecular complexity index is 270. The van der Waals surface area contributed by atoms with E-state index in [4.69, 9.17) is 5.73 Å². The predicted octanol–water partition coefficient (Wildman–Crippen LogP) is 3.87. The lowest BCUT2D eigenvalue weighted by molar-refractivity contribution is 0.626. The highest BCUT2D eigenvalue weighted by molar-refractivity contribution is 9.10. The van der Waals surface area contributed by atoms with Gasteiger partial charge < -0.3 is 5.73 Å². The van der Waals surface area contributed by atoms with Crippen molar-refractivity contribution in [2.24, 2.45) is 5.73 Å². The summed E-state index contributed by atoms with van der Waals surface area (Å²) in [6.45, 7) is 3.69. The second kappa shape index (κ2) is 5.58. The van der Waals surface area contributed by atoms with Crippen LogP contribution in [0.5, 0.6) is 0 Å². The third-order valence-corrected chi connectivity index (χ3v) is 3.70. The number of nitrogens with two attached hydrogens (primary N) is 1. The van der Waals surface area contributed by atoms with Crippen LogP contribution in [0.4, 0.5) is 0 Å². The molecule has 1 atom stereocenters. The van der Waals surface area contributed by atoms with Gasteiger partial charge in [0.05, 0.1) is 0 Å². The van der Waals surface area contributed by atoms with Gasteiger partial charge in [0.2, 0.25) is 0 Å². The molecule has 0 aliphatic carbocycles. The second-order valence-corrected chi connectivity index (χ2v) is 4.85. The molecular formula is C10H14BrNS. The smallest absolute Gasteiger partial charge is 0.0390 e. The highest BCUT2D eigenvalue weighted by atomic mass is 79.9. The molecule has 3 heteroatoms. The van der Waals surface area contributed by atoms with Gasteiger partial charge in [-0.3, -0.25) is 0 Å². The maximum Gasteiger partial charge on any atom is 0.0390 e. The zero-order chi connectivity index (χ0) is 9.68. The van der Waals surface area contributed by atoms with Crippen molar-refractivity contribution in [1.29, 1.82) is 0 Å². The number of rotatable bonds is 5. The molecule has 1 aromatic heterocycles. The van der Waals surface area contributed by atoms with Gasteiger partial charge in [-0.2, -0.15) is 0 Å². The van der Waals surface area contributed by atoms with E-state index >= 15 is 0 Å². The molecule has 0 aliphatic rings. The Balaban J connectivity index is 2.39. The third kappa shape index (κ3) is 3.63. The summed E-state index contributed by atoms with van der Waals surface area (Å²) in [4.78, 5) is 1.26. The summed E-state index contributed by atoms with van der Waals surface area (Å²) in [5.74, 6) is 0. The van der Waals surface area contributed by atoms with Gasteiger partial charge in [-0.15, -0.1) is 17.9 Å². The lowest BCUT2D eigenvalue weighted by atomic mass is 10.1. The summed E-state index contributed by atoms with van der Waals surface area (Å²) < 4.78 is 1.13. The Morgan fingerprint density at radius 1 is 1.69 bits per heavy atom. The minimum Gasteiger partial charge on any atom is -0.323 e. The van der Waals surface area contributed by atoms with Crippen LogP contribution in [0.1, 0.15) is 30.2 Å². The van der Waals surface area contributed by atoms with E-state index in [2.05, 4.69) is 34.0 Å². The third-order valence-electron chi connectivity index (χ3n) is 1.88. The van der Waals surface area contributed by atoms with Crippen LogP contribution in [-0.2, 0) is 0 Å². The van der Waals surface area contributed by atoms with Crippen molar-refractivity contribution in [3.8, 4) is 0 Å². The topological polar surface area (TPSA) is 26.0 Å². The van der Waals surface area contributed by atoms with Crippen LogP contribution in [0.2, 0.25) is 0 Å². The summed E-state index contributed by atoms with van der Waals surface area (Å²) >= 11 is 5.14. The fourth-order valence-corrected chi connectivity index (χ4v) is 2.63. The zero-order valence-electron chi connectivity index (χ0n) is 7.50. The highest BCUT2D eigenvalue weighted by Gasteiger charge is 2.07. The van der Waals surface area contributed by atoms with Crippen molar-refractivity contribution < 1.29 is 0 Å². The van der Waals surface area contributed by atoms with Gasteiger partial charge in [0.25, 0.3) is 0 Å². The van der Waals surface area contributed by atoms with E-state index < -0.39 is 0 Å². The van der Waals surface area contributed by atoms with Gasteiger partial charge in [-0.25, -0.2) is 0 Å². The molecule has 0 spiro atoms. The van der Waals surface area contributed by atoms with E-state index in [1.807, 2.05) is 6.08 Å². The highest BCUT2D eigenvalue weighted by Crippen LogP contribution is 2.26. The lowest BCUT2D eigenvalue weighted by Gasteiger charge is -2.07. The van der Waals surface area contributed by atoms with Crippen molar-refractivity contribution in [3.05, 3.63) is 33.5 Å². The molecule has 1 nitrogen and oxygen atoms in total. The molecule has 2 N–H and O–H groups in total. The number of unbranched alkanes of at least 4 members (excludes halogenated alkanes) is 1. The average molecular weight is 260 g/mol. The first-order valence-corrected chi connectivity index (χ1v) is 6.01. The van der Waals surface area contributed by atoms with Gasteiger partial charge in [0.1, 0.15) is 0 Å². The summed E-state index contributed by atoms with van der Waals surface area (Å²) in [6.07, 6.45) is 5.16. The largest absolute Gasteiger partial charge is 0.323 e. The average Bonchev–Trinajstić information content (AvgIpc) is 2.52. The number of hydrogen-bond acceptors (Lipinski definition) is 2. The second-order valence-electron chi connectivity index (χ2n) is 2.99. The number of halogens is 1. The number of allylic oxidation sites excluding steroid dienone is 1. The van der Waals surface area contributed by atoms with E-state index in [9.17, 15) is 0 Å². The first-order chi connectivity index (χ1) is 6.24. The molecule has 1 aromatic rings. The molecular weight excluding hydrogens is 246 g/mol. The molecule has 0 amide bonds. The summed E-state index contributed by atoms with van der Waals surface area (Å²) in [7, 11) is 0. The number of hydrogen-bond donors (Lipinski definition) is 1. The van der Waals surface area contributed by atoms with Gasteiger partial charge in [-0.05, 0) is 41.3 Å². The molecule has 0 bridgehead atoms. The van der Waals surface area contributed by atoms with Crippen LogP contribution in [0, 0.1) is 0 Å². The van der Waals surface area contributed by atoms with E-state index in [0.717, 1.165) is 23.7 Å². The number of thiophene rings is 1. The summed E-state index contributed by atoms with van der Waals surface area (Å²) in [5, 5.41) is 2.07. The normalized spacial score (nSPS) is 12.8. The van der Waals surface area contributed by atoms with Crippen LogP contribution in [0.25, 0.3) is 0 Å². The van der Waals surface area contributed by atoms with Crippen molar-refractivity contribution >= 4 is 27.3 Å². The standard InChI is InChI=1S/C10H14BrNS/c1-2-3-4-5-9(12)10-6-8(11)7-13-10/h2,6-7,9H,1,3-5,12H2. The van der Waals surface area contributed by atoms with Gasteiger partial charge in [-0.1, -0.05) is 6.08 Å². The molecule has 72 valence electrons. The molecule has 0 aromatic carbocycles. The predicted molar refractivity (Wildman–Crippen MR) is 63.0 cm³/mol. The van der Waals surface area contributed by atoms with Crippen LogP contribution >= 0.6 is 27.3 Å². The molecule has 0 saturated carbocycles. The van der Waals surface area contributed by atoms with Crippen molar-refractivity contribution in [2.45, 2.75) is 25.3 Å². The van der Waals surface area contributed by atoms with E-state index in [0.29, 0.717) is 0 Å². The monoisotopic (exact) mass is 259 g/mol. The minimum absolute atomic E-state index is 0.191. The zero-order valence-corrected chi connectivity index (χ0v) is 9.90. The molecule has 1 rings (SSSR count). The van der Waals surface area contributed by atoms with Gasteiger partial charge >= 0.3 is 0 Å². The maximum atomic E-state index is 6.00. The van der Waals surface area contributed by atoms with Crippen LogP contribution in [-0.4, -0.2) is 0 Å². The Morgan fingerprint density at radius 3 is 3.00 bits per heavy atom. The van der Waals surface area contributed by atoms with Gasteiger partial charge in [0.15, 0.2) is 0 Å². The molecule has 0 radical (unpaired) electrons. The molecule has 0 saturated heterocycles. The summed E-state index contributed by atoms with van der Waals surface area (Å²) in [6, 6.07) is 2.29. The Hall–Kier alpha value is -0.120. The first kappa shape index (κ1) is 11.0. The molecule has 0 aliphatic heterocycles.